The maximum absolute atomic E-state index is 13.8. The van der Waals surface area contributed by atoms with Crippen LogP contribution in [0.4, 0.5) is 18.9 Å². The molecule has 200 valence electrons. The largest absolute Gasteiger partial charge is 0.493 e. The molecule has 3 aromatic rings. The Hall–Kier alpha value is -3.25. The van der Waals surface area contributed by atoms with Gasteiger partial charge in [-0.05, 0) is 41.8 Å². The van der Waals surface area contributed by atoms with Crippen molar-refractivity contribution < 1.29 is 32.2 Å². The summed E-state index contributed by atoms with van der Waals surface area (Å²) in [7, 11) is 1.49. The highest BCUT2D eigenvalue weighted by atomic mass is 32.2. The summed E-state index contributed by atoms with van der Waals surface area (Å²) in [6.07, 6.45) is -4.63. The van der Waals surface area contributed by atoms with Gasteiger partial charge in [0, 0.05) is 10.8 Å². The number of nitrogens with zero attached hydrogens (tertiary/aromatic N) is 1. The van der Waals surface area contributed by atoms with Gasteiger partial charge in [-0.25, -0.2) is 4.90 Å². The lowest BCUT2D eigenvalue weighted by molar-refractivity contribution is -0.137. The molecule has 12 heteroatoms. The summed E-state index contributed by atoms with van der Waals surface area (Å²) in [6.45, 7) is 4.48. The van der Waals surface area contributed by atoms with E-state index < -0.39 is 40.6 Å². The number of alkyl halides is 3. The lowest BCUT2D eigenvalue weighted by atomic mass is 9.83. The van der Waals surface area contributed by atoms with E-state index in [0.29, 0.717) is 33.6 Å². The van der Waals surface area contributed by atoms with Crippen molar-refractivity contribution in [2.75, 3.05) is 18.6 Å². The predicted molar refractivity (Wildman–Crippen MR) is 137 cm³/mol. The summed E-state index contributed by atoms with van der Waals surface area (Å²) in [5.41, 5.74) is -0.479. The lowest BCUT2D eigenvalue weighted by Gasteiger charge is -2.30. The van der Waals surface area contributed by atoms with Crippen LogP contribution in [0.3, 0.4) is 0 Å². The van der Waals surface area contributed by atoms with Gasteiger partial charge in [0.05, 0.1) is 35.9 Å². The molecular weight excluding hydrogens is 541 g/mol. The number of nitrogens with one attached hydrogen (secondary N) is 1. The van der Waals surface area contributed by atoms with Gasteiger partial charge in [-0.3, -0.25) is 14.4 Å². The van der Waals surface area contributed by atoms with Crippen molar-refractivity contribution in [2.45, 2.75) is 36.2 Å². The number of benzene rings is 2. The minimum atomic E-state index is -4.63. The van der Waals surface area contributed by atoms with Gasteiger partial charge in [0.2, 0.25) is 11.8 Å². The van der Waals surface area contributed by atoms with Crippen LogP contribution in [-0.2, 0) is 15.8 Å². The number of anilines is 1. The van der Waals surface area contributed by atoms with E-state index in [-0.39, 0.29) is 16.5 Å². The number of ether oxygens (including phenoxy) is 2. The van der Waals surface area contributed by atoms with E-state index in [1.807, 2.05) is 13.8 Å². The number of hydrogen-bond donors (Lipinski definition) is 1. The number of aromatic amines is 1. The second-order valence-corrected chi connectivity index (χ2v) is 11.6. The number of amides is 2. The van der Waals surface area contributed by atoms with E-state index in [9.17, 15) is 27.6 Å². The van der Waals surface area contributed by atoms with Gasteiger partial charge in [0.15, 0.2) is 11.5 Å². The third kappa shape index (κ3) is 4.60. The van der Waals surface area contributed by atoms with Gasteiger partial charge < -0.3 is 14.5 Å². The lowest BCUT2D eigenvalue weighted by Crippen LogP contribution is -2.32. The smallest absolute Gasteiger partial charge is 0.416 e. The predicted octanol–water partition coefficient (Wildman–Crippen LogP) is 5.29. The van der Waals surface area contributed by atoms with Gasteiger partial charge in [-0.1, -0.05) is 49.1 Å². The molecule has 2 aliphatic rings. The van der Waals surface area contributed by atoms with E-state index in [4.69, 9.17) is 9.47 Å². The van der Waals surface area contributed by atoms with Crippen LogP contribution >= 0.6 is 23.1 Å². The fourth-order valence-corrected chi connectivity index (χ4v) is 7.22. The van der Waals surface area contributed by atoms with Crippen molar-refractivity contribution in [3.05, 3.63) is 68.1 Å². The van der Waals surface area contributed by atoms with Crippen molar-refractivity contribution in [1.82, 2.24) is 4.98 Å². The average Bonchev–Trinajstić information content (AvgIpc) is 3.36. The molecule has 3 atom stereocenters. The van der Waals surface area contributed by atoms with Crippen LogP contribution in [0, 0.1) is 11.8 Å². The Labute approximate surface area is 223 Å². The minimum absolute atomic E-state index is 0.143. The first-order valence-electron chi connectivity index (χ1n) is 11.7. The zero-order chi connectivity index (χ0) is 27.4. The van der Waals surface area contributed by atoms with Gasteiger partial charge in [-0.15, -0.1) is 0 Å². The number of thiazole rings is 1. The Bertz CT molecular complexity index is 1470. The molecule has 7 nitrogen and oxygen atoms in total. The van der Waals surface area contributed by atoms with Crippen LogP contribution in [0.5, 0.6) is 11.5 Å². The topological polar surface area (TPSA) is 88.7 Å². The van der Waals surface area contributed by atoms with Crippen molar-refractivity contribution in [2.24, 2.45) is 11.8 Å². The standard InChI is InChI=1S/C26H23F3N2O5S2/c1-12(2)11-36-16-8-7-13(9-17(16)35-3)18-19-21(37-22-20(18)38-25(34)30-22)24(33)31(23(19)32)15-6-4-5-14(10-15)26(27,28)29/h4-10,12,18-19,21H,11H2,1-3H3,(H,30,34)/t18-,19?,21?/m1/s1. The molecule has 0 bridgehead atoms. The molecule has 1 fully saturated rings. The summed E-state index contributed by atoms with van der Waals surface area (Å²) in [5.74, 6) is -1.67. The summed E-state index contributed by atoms with van der Waals surface area (Å²) in [5, 5.41) is -0.458. The van der Waals surface area contributed by atoms with Crippen molar-refractivity contribution >= 4 is 40.6 Å². The third-order valence-electron chi connectivity index (χ3n) is 6.37. The molecule has 2 amide bonds. The Kier molecular flexibility index (Phi) is 6.80. The second-order valence-electron chi connectivity index (χ2n) is 9.42. The van der Waals surface area contributed by atoms with Crippen LogP contribution in [0.15, 0.2) is 52.3 Å². The molecular formula is C26H23F3N2O5S2. The maximum atomic E-state index is 13.8. The molecule has 1 aromatic heterocycles. The minimum Gasteiger partial charge on any atom is -0.493 e. The summed E-state index contributed by atoms with van der Waals surface area (Å²) in [4.78, 5) is 43.4. The summed E-state index contributed by atoms with van der Waals surface area (Å²) in [6, 6.07) is 9.35. The number of thioether (sulfide) groups is 1. The van der Waals surface area contributed by atoms with E-state index in [1.54, 1.807) is 18.2 Å². The Morgan fingerprint density at radius 3 is 2.50 bits per heavy atom. The number of rotatable bonds is 6. The number of aromatic nitrogens is 1. The van der Waals surface area contributed by atoms with Crippen molar-refractivity contribution in [3.63, 3.8) is 0 Å². The second kappa shape index (κ2) is 9.81. The van der Waals surface area contributed by atoms with Crippen LogP contribution in [0.2, 0.25) is 0 Å². The Morgan fingerprint density at radius 1 is 1.05 bits per heavy atom. The number of fused-ring (bicyclic) bond motifs is 2. The van der Waals surface area contributed by atoms with Crippen molar-refractivity contribution in [1.29, 1.82) is 0 Å². The van der Waals surface area contributed by atoms with Gasteiger partial charge >= 0.3 is 11.0 Å². The SMILES string of the molecule is COc1cc([C@H]2c3sc(=O)[nH]c3SC3C(=O)N(c4cccc(C(F)(F)F)c4)C(=O)C32)ccc1OCC(C)C. The maximum Gasteiger partial charge on any atom is 0.416 e. The van der Waals surface area contributed by atoms with Crippen LogP contribution in [-0.4, -0.2) is 35.8 Å². The van der Waals surface area contributed by atoms with Crippen LogP contribution in [0.1, 0.15) is 35.8 Å². The molecule has 38 heavy (non-hydrogen) atoms. The molecule has 5 rings (SSSR count). The molecule has 0 spiro atoms. The van der Waals surface area contributed by atoms with Crippen LogP contribution < -0.4 is 19.2 Å². The number of hydrogen-bond acceptors (Lipinski definition) is 7. The van der Waals surface area contributed by atoms with Gasteiger partial charge in [0.1, 0.15) is 5.25 Å². The fraction of sp³-hybridized carbons (Fsp3) is 0.346. The first kappa shape index (κ1) is 26.4. The number of carbonyl (C=O) groups excluding carboxylic acids is 2. The zero-order valence-electron chi connectivity index (χ0n) is 20.5. The van der Waals surface area contributed by atoms with E-state index in [2.05, 4.69) is 4.98 Å². The number of H-pyrrole nitrogens is 1. The normalized spacial score (nSPS) is 21.0. The van der Waals surface area contributed by atoms with Crippen molar-refractivity contribution in [3.8, 4) is 11.5 Å². The molecule has 2 aromatic carbocycles. The molecule has 0 radical (unpaired) electrons. The molecule has 0 aliphatic carbocycles. The highest BCUT2D eigenvalue weighted by Crippen LogP contribution is 2.54. The summed E-state index contributed by atoms with van der Waals surface area (Å²) < 4.78 is 51.5. The molecule has 2 aliphatic heterocycles. The van der Waals surface area contributed by atoms with E-state index in [1.165, 1.54) is 19.2 Å². The first-order valence-corrected chi connectivity index (χ1v) is 13.4. The average molecular weight is 565 g/mol. The number of carbonyl (C=O) groups is 2. The Balaban J connectivity index is 1.59. The number of halogens is 3. The highest BCUT2D eigenvalue weighted by Gasteiger charge is 2.56. The Morgan fingerprint density at radius 2 is 1.82 bits per heavy atom. The molecule has 1 saturated heterocycles. The highest BCUT2D eigenvalue weighted by molar-refractivity contribution is 8.00. The van der Waals surface area contributed by atoms with E-state index >= 15 is 0 Å². The third-order valence-corrected chi connectivity index (χ3v) is 8.78. The molecule has 1 N–H and O–H groups in total. The number of methoxy groups -OCH3 is 1. The first-order chi connectivity index (χ1) is 18.0. The van der Waals surface area contributed by atoms with Gasteiger partial charge in [0.25, 0.3) is 0 Å². The number of imide groups is 1. The molecule has 2 unspecified atom stereocenters. The molecule has 3 heterocycles. The zero-order valence-corrected chi connectivity index (χ0v) is 22.1. The fourth-order valence-electron chi connectivity index (χ4n) is 4.71. The monoisotopic (exact) mass is 564 g/mol. The van der Waals surface area contributed by atoms with E-state index in [0.717, 1.165) is 40.1 Å². The molecule has 0 saturated carbocycles. The van der Waals surface area contributed by atoms with Gasteiger partial charge in [-0.2, -0.15) is 13.2 Å². The van der Waals surface area contributed by atoms with Crippen LogP contribution in [0.25, 0.3) is 0 Å². The quantitative estimate of drug-likeness (QED) is 0.409. The summed E-state index contributed by atoms with van der Waals surface area (Å²) >= 11 is 2.00.